The summed E-state index contributed by atoms with van der Waals surface area (Å²) in [6, 6.07) is 8.27. The molecule has 8 nitrogen and oxygen atoms in total. The molecule has 164 valence electrons. The number of aromatic nitrogens is 2. The van der Waals surface area contributed by atoms with E-state index in [2.05, 4.69) is 33.9 Å². The van der Waals surface area contributed by atoms with Crippen molar-refractivity contribution in [3.8, 4) is 12.1 Å². The molecule has 2 aromatic rings. The first-order chi connectivity index (χ1) is 15.5. The number of piperidine rings is 1. The molecule has 1 aliphatic rings. The Morgan fingerprint density at radius 2 is 2.06 bits per heavy atom. The molecule has 0 aliphatic carbocycles. The van der Waals surface area contributed by atoms with E-state index in [0.717, 1.165) is 37.2 Å². The van der Waals surface area contributed by atoms with Gasteiger partial charge in [-0.3, -0.25) is 9.78 Å². The molecule has 0 aromatic carbocycles. The van der Waals surface area contributed by atoms with Crippen molar-refractivity contribution in [2.45, 2.75) is 43.0 Å². The number of carbonyl (C=O) groups excluding carboxylic acids is 1. The van der Waals surface area contributed by atoms with Crippen LogP contribution in [-0.2, 0) is 17.0 Å². The van der Waals surface area contributed by atoms with Crippen molar-refractivity contribution in [2.24, 2.45) is 5.73 Å². The quantitative estimate of drug-likeness (QED) is 0.489. The molecule has 0 unspecified atom stereocenters. The topological polar surface area (TPSA) is 132 Å². The van der Waals surface area contributed by atoms with Gasteiger partial charge >= 0.3 is 0 Å². The number of nitriles is 2. The highest BCUT2D eigenvalue weighted by atomic mass is 32.2. The number of amides is 1. The van der Waals surface area contributed by atoms with Crippen molar-refractivity contribution in [1.82, 2.24) is 9.97 Å². The van der Waals surface area contributed by atoms with E-state index in [-0.39, 0.29) is 11.9 Å². The summed E-state index contributed by atoms with van der Waals surface area (Å²) in [6.07, 6.45) is 5.03. The van der Waals surface area contributed by atoms with Crippen LogP contribution in [0.2, 0.25) is 0 Å². The summed E-state index contributed by atoms with van der Waals surface area (Å²) < 4.78 is 0. The SMILES string of the molecule is C=CC(=O)Nc1ccc(CSc2nc(N3CCC(N)CC3)c(C#N)c(CC)c2C#N)nc1. The van der Waals surface area contributed by atoms with Gasteiger partial charge in [-0.15, -0.1) is 0 Å². The summed E-state index contributed by atoms with van der Waals surface area (Å²) in [5.74, 6) is 0.831. The number of anilines is 2. The molecule has 0 spiro atoms. The fourth-order valence-corrected chi connectivity index (χ4v) is 4.47. The Bertz CT molecular complexity index is 1080. The Hall–Kier alpha value is -3.40. The first-order valence-corrected chi connectivity index (χ1v) is 11.4. The van der Waals surface area contributed by atoms with E-state index in [1.807, 2.05) is 13.0 Å². The van der Waals surface area contributed by atoms with Crippen LogP contribution in [0, 0.1) is 22.7 Å². The highest BCUT2D eigenvalue weighted by Crippen LogP contribution is 2.34. The van der Waals surface area contributed by atoms with E-state index in [1.54, 1.807) is 12.3 Å². The molecule has 3 heterocycles. The van der Waals surface area contributed by atoms with Gasteiger partial charge in [0.25, 0.3) is 0 Å². The highest BCUT2D eigenvalue weighted by molar-refractivity contribution is 7.98. The number of nitrogens with one attached hydrogen (secondary N) is 1. The normalized spacial score (nSPS) is 13.8. The van der Waals surface area contributed by atoms with Crippen LogP contribution in [0.3, 0.4) is 0 Å². The first-order valence-electron chi connectivity index (χ1n) is 10.4. The Morgan fingerprint density at radius 3 is 2.62 bits per heavy atom. The number of carbonyl (C=O) groups is 1. The van der Waals surface area contributed by atoms with Crippen LogP contribution in [0.1, 0.15) is 42.1 Å². The van der Waals surface area contributed by atoms with Crippen LogP contribution in [-0.4, -0.2) is 35.0 Å². The van der Waals surface area contributed by atoms with Crippen LogP contribution in [0.5, 0.6) is 0 Å². The third-order valence-electron chi connectivity index (χ3n) is 5.30. The molecule has 2 aromatic heterocycles. The lowest BCUT2D eigenvalue weighted by atomic mass is 10.00. The molecule has 0 radical (unpaired) electrons. The second-order valence-corrected chi connectivity index (χ2v) is 8.36. The van der Waals surface area contributed by atoms with Crippen molar-refractivity contribution in [2.75, 3.05) is 23.3 Å². The largest absolute Gasteiger partial charge is 0.355 e. The molecule has 3 rings (SSSR count). The van der Waals surface area contributed by atoms with Crippen molar-refractivity contribution < 1.29 is 4.79 Å². The van der Waals surface area contributed by atoms with Gasteiger partial charge in [0.05, 0.1) is 28.7 Å². The molecular formula is C23H25N7OS. The van der Waals surface area contributed by atoms with Crippen LogP contribution in [0.4, 0.5) is 11.5 Å². The van der Waals surface area contributed by atoms with Crippen LogP contribution >= 0.6 is 11.8 Å². The van der Waals surface area contributed by atoms with Crippen molar-refractivity contribution >= 4 is 29.2 Å². The van der Waals surface area contributed by atoms with E-state index in [4.69, 9.17) is 10.7 Å². The number of pyridine rings is 2. The number of hydrogen-bond donors (Lipinski definition) is 2. The molecule has 0 atom stereocenters. The van der Waals surface area contributed by atoms with E-state index in [1.165, 1.54) is 17.8 Å². The van der Waals surface area contributed by atoms with Gasteiger partial charge < -0.3 is 16.0 Å². The lowest BCUT2D eigenvalue weighted by Crippen LogP contribution is -2.40. The number of nitrogens with zero attached hydrogens (tertiary/aromatic N) is 5. The standard InChI is InChI=1S/C23H25N7OS/c1-3-18-19(11-24)22(30-9-7-15(26)8-10-30)29-23(20(18)12-25)32-14-17-6-5-16(13-27-17)28-21(31)4-2/h4-6,13,15H,2-3,7-10,14,26H2,1H3,(H,28,31). The summed E-state index contributed by atoms with van der Waals surface area (Å²) in [4.78, 5) is 22.6. The maximum Gasteiger partial charge on any atom is 0.247 e. The minimum absolute atomic E-state index is 0.167. The fraction of sp³-hybridized carbons (Fsp3) is 0.348. The Balaban J connectivity index is 1.87. The minimum Gasteiger partial charge on any atom is -0.355 e. The number of nitrogens with two attached hydrogens (primary N) is 1. The molecule has 0 saturated carbocycles. The fourth-order valence-electron chi connectivity index (χ4n) is 3.55. The van der Waals surface area contributed by atoms with Crippen molar-refractivity contribution in [1.29, 1.82) is 10.5 Å². The number of thioether (sulfide) groups is 1. The summed E-state index contributed by atoms with van der Waals surface area (Å²) >= 11 is 1.42. The zero-order chi connectivity index (χ0) is 23.1. The Labute approximate surface area is 192 Å². The third kappa shape index (κ3) is 5.25. The van der Waals surface area contributed by atoms with Crippen LogP contribution < -0.4 is 16.0 Å². The zero-order valence-corrected chi connectivity index (χ0v) is 18.8. The van der Waals surface area contributed by atoms with Gasteiger partial charge in [0.2, 0.25) is 5.91 Å². The maximum atomic E-state index is 11.4. The molecule has 1 amide bonds. The zero-order valence-electron chi connectivity index (χ0n) is 18.0. The minimum atomic E-state index is -0.298. The van der Waals surface area contributed by atoms with E-state index >= 15 is 0 Å². The van der Waals surface area contributed by atoms with Crippen LogP contribution in [0.15, 0.2) is 36.0 Å². The molecule has 32 heavy (non-hydrogen) atoms. The summed E-state index contributed by atoms with van der Waals surface area (Å²) in [5, 5.41) is 22.9. The molecule has 0 bridgehead atoms. The maximum absolute atomic E-state index is 11.4. The molecule has 1 fully saturated rings. The summed E-state index contributed by atoms with van der Waals surface area (Å²) in [5.41, 5.74) is 9.05. The second-order valence-electron chi connectivity index (χ2n) is 7.39. The van der Waals surface area contributed by atoms with Gasteiger partial charge in [-0.25, -0.2) is 4.98 Å². The second kappa shape index (κ2) is 10.8. The number of rotatable bonds is 7. The lowest BCUT2D eigenvalue weighted by molar-refractivity contribution is -0.111. The average molecular weight is 448 g/mol. The monoisotopic (exact) mass is 447 g/mol. The van der Waals surface area contributed by atoms with Crippen molar-refractivity contribution in [3.63, 3.8) is 0 Å². The third-order valence-corrected chi connectivity index (χ3v) is 6.31. The molecule has 1 saturated heterocycles. The summed E-state index contributed by atoms with van der Waals surface area (Å²) in [6.45, 7) is 6.84. The predicted molar refractivity (Wildman–Crippen MR) is 125 cm³/mol. The molecule has 1 aliphatic heterocycles. The van der Waals surface area contributed by atoms with Crippen LogP contribution in [0.25, 0.3) is 0 Å². The van der Waals surface area contributed by atoms with E-state index in [0.29, 0.717) is 39.8 Å². The highest BCUT2D eigenvalue weighted by Gasteiger charge is 2.25. The summed E-state index contributed by atoms with van der Waals surface area (Å²) in [7, 11) is 0. The van der Waals surface area contributed by atoms with Gasteiger partial charge in [-0.05, 0) is 43.0 Å². The molecule has 9 heteroatoms. The Morgan fingerprint density at radius 1 is 1.34 bits per heavy atom. The Kier molecular flexibility index (Phi) is 7.82. The van der Waals surface area contributed by atoms with Gasteiger partial charge in [-0.1, -0.05) is 25.3 Å². The van der Waals surface area contributed by atoms with E-state index in [9.17, 15) is 15.3 Å². The lowest BCUT2D eigenvalue weighted by Gasteiger charge is -2.32. The van der Waals surface area contributed by atoms with Crippen molar-refractivity contribution in [3.05, 3.63) is 53.4 Å². The predicted octanol–water partition coefficient (Wildman–Crippen LogP) is 3.13. The molecular weight excluding hydrogens is 422 g/mol. The molecule has 3 N–H and O–H groups in total. The van der Waals surface area contributed by atoms with Gasteiger partial charge in [0.15, 0.2) is 0 Å². The van der Waals surface area contributed by atoms with Gasteiger partial charge in [0, 0.05) is 24.9 Å². The van der Waals surface area contributed by atoms with Gasteiger partial charge in [-0.2, -0.15) is 10.5 Å². The number of hydrogen-bond acceptors (Lipinski definition) is 8. The average Bonchev–Trinajstić information content (AvgIpc) is 2.82. The van der Waals surface area contributed by atoms with E-state index < -0.39 is 0 Å². The first kappa shape index (κ1) is 23.3. The smallest absolute Gasteiger partial charge is 0.247 e. The van der Waals surface area contributed by atoms with Gasteiger partial charge in [0.1, 0.15) is 23.0 Å².